The lowest BCUT2D eigenvalue weighted by atomic mass is 10.2. The van der Waals surface area contributed by atoms with Crippen molar-refractivity contribution in [1.82, 2.24) is 0 Å². The first-order valence-electron chi connectivity index (χ1n) is 9.43. The molecule has 4 rings (SSSR count). The van der Waals surface area contributed by atoms with E-state index in [1.54, 1.807) is 12.1 Å². The molecule has 150 valence electrons. The average molecular weight is 478 g/mol. The monoisotopic (exact) mass is 477 g/mol. The molecule has 5 heteroatoms. The summed E-state index contributed by atoms with van der Waals surface area (Å²) in [5, 5.41) is 15.1. The highest BCUT2D eigenvalue weighted by Gasteiger charge is 2.14. The molecule has 0 N–H and O–H groups in total. The summed E-state index contributed by atoms with van der Waals surface area (Å²) in [7, 11) is -0.446. The van der Waals surface area contributed by atoms with Crippen molar-refractivity contribution in [2.45, 2.75) is 5.33 Å². The highest BCUT2D eigenvalue weighted by Crippen LogP contribution is 2.32. The van der Waals surface area contributed by atoms with E-state index in [1.165, 1.54) is 28.0 Å². The van der Waals surface area contributed by atoms with Crippen molar-refractivity contribution in [3.8, 4) is 0 Å². The number of nitro benzene ring substituents is 1. The van der Waals surface area contributed by atoms with Gasteiger partial charge in [-0.25, -0.2) is 0 Å². The molecule has 30 heavy (non-hydrogen) atoms. The van der Waals surface area contributed by atoms with Crippen LogP contribution in [-0.2, 0) is 5.33 Å². The first-order chi connectivity index (χ1) is 14.7. The number of non-ortho nitro benzene ring substituents is 1. The Balaban J connectivity index is 0.000000199. The molecule has 3 nitrogen and oxygen atoms in total. The number of halogens is 1. The number of nitro groups is 1. The van der Waals surface area contributed by atoms with Gasteiger partial charge in [0.25, 0.3) is 5.69 Å². The maximum atomic E-state index is 10.2. The third kappa shape index (κ3) is 6.09. The van der Waals surface area contributed by atoms with Crippen LogP contribution in [0.4, 0.5) is 5.69 Å². The molecule has 0 saturated carbocycles. The minimum Gasteiger partial charge on any atom is -0.258 e. The lowest BCUT2D eigenvalue weighted by molar-refractivity contribution is -0.384. The molecule has 4 aromatic carbocycles. The second kappa shape index (κ2) is 11.4. The number of rotatable bonds is 5. The van der Waals surface area contributed by atoms with Crippen LogP contribution >= 0.6 is 23.9 Å². The van der Waals surface area contributed by atoms with E-state index in [9.17, 15) is 10.1 Å². The summed E-state index contributed by atoms with van der Waals surface area (Å²) in [4.78, 5) is 9.79. The molecular weight excluding hydrogens is 457 g/mol. The Morgan fingerprint density at radius 3 is 1.30 bits per heavy atom. The maximum Gasteiger partial charge on any atom is 0.269 e. The summed E-state index contributed by atoms with van der Waals surface area (Å²) in [6.45, 7) is 0. The number of alkyl halides is 1. The van der Waals surface area contributed by atoms with Crippen LogP contribution in [0.2, 0.25) is 0 Å². The third-order valence-electron chi connectivity index (χ3n) is 4.34. The predicted octanol–water partition coefficient (Wildman–Crippen LogP) is 5.93. The Kier molecular flexibility index (Phi) is 8.31. The van der Waals surface area contributed by atoms with Crippen molar-refractivity contribution in [1.29, 1.82) is 0 Å². The zero-order chi connectivity index (χ0) is 21.2. The summed E-state index contributed by atoms with van der Waals surface area (Å²) in [5.74, 6) is 0. The van der Waals surface area contributed by atoms with Crippen LogP contribution < -0.4 is 15.9 Å². The first-order valence-corrected chi connectivity index (χ1v) is 11.9. The second-order valence-corrected chi connectivity index (χ2v) is 9.18. The third-order valence-corrected chi connectivity index (χ3v) is 7.44. The van der Waals surface area contributed by atoms with Crippen LogP contribution in [0.3, 0.4) is 0 Å². The van der Waals surface area contributed by atoms with Gasteiger partial charge in [-0.15, -0.1) is 0 Å². The molecule has 0 fully saturated rings. The molecule has 0 aliphatic rings. The van der Waals surface area contributed by atoms with Crippen LogP contribution in [0.25, 0.3) is 0 Å². The molecular formula is C25H21BrNO2P. The number of benzene rings is 4. The molecule has 0 radical (unpaired) electrons. The molecule has 4 aromatic rings. The summed E-state index contributed by atoms with van der Waals surface area (Å²) in [6.07, 6.45) is 0. The topological polar surface area (TPSA) is 43.1 Å². The zero-order valence-electron chi connectivity index (χ0n) is 16.3. The Hall–Kier alpha value is -2.81. The molecule has 0 aliphatic carbocycles. The number of hydrogen-bond donors (Lipinski definition) is 0. The van der Waals surface area contributed by atoms with E-state index in [4.69, 9.17) is 0 Å². The molecule has 0 saturated heterocycles. The van der Waals surface area contributed by atoms with Gasteiger partial charge in [0.1, 0.15) is 0 Å². The van der Waals surface area contributed by atoms with E-state index in [2.05, 4.69) is 107 Å². The summed E-state index contributed by atoms with van der Waals surface area (Å²) in [5.41, 5.74) is 1.17. The molecule has 0 aliphatic heterocycles. The van der Waals surface area contributed by atoms with Gasteiger partial charge in [-0.05, 0) is 29.4 Å². The molecule has 0 unspecified atom stereocenters. The molecule has 0 atom stereocenters. The average Bonchev–Trinajstić information content (AvgIpc) is 2.82. The molecule has 0 heterocycles. The van der Waals surface area contributed by atoms with Gasteiger partial charge in [-0.1, -0.05) is 119 Å². The number of hydrogen-bond acceptors (Lipinski definition) is 2. The van der Waals surface area contributed by atoms with Crippen molar-refractivity contribution >= 4 is 45.5 Å². The van der Waals surface area contributed by atoms with Gasteiger partial charge in [-0.3, -0.25) is 10.1 Å². The zero-order valence-corrected chi connectivity index (χ0v) is 18.7. The van der Waals surface area contributed by atoms with Gasteiger partial charge >= 0.3 is 0 Å². The van der Waals surface area contributed by atoms with Crippen LogP contribution in [-0.4, -0.2) is 4.92 Å². The van der Waals surface area contributed by atoms with Crippen molar-refractivity contribution in [3.63, 3.8) is 0 Å². The van der Waals surface area contributed by atoms with Gasteiger partial charge in [0.2, 0.25) is 0 Å². The van der Waals surface area contributed by atoms with Gasteiger partial charge in [0.15, 0.2) is 0 Å². The molecule has 0 bridgehead atoms. The lowest BCUT2D eigenvalue weighted by Gasteiger charge is -2.18. The Morgan fingerprint density at radius 1 is 0.633 bits per heavy atom. The smallest absolute Gasteiger partial charge is 0.258 e. The molecule has 0 aromatic heterocycles. The van der Waals surface area contributed by atoms with Gasteiger partial charge < -0.3 is 0 Å². The van der Waals surface area contributed by atoms with Crippen molar-refractivity contribution in [2.75, 3.05) is 0 Å². The quantitative estimate of drug-likeness (QED) is 0.154. The van der Waals surface area contributed by atoms with Gasteiger partial charge in [0.05, 0.1) is 4.92 Å². The predicted molar refractivity (Wildman–Crippen MR) is 131 cm³/mol. The minimum atomic E-state index is -0.446. The largest absolute Gasteiger partial charge is 0.269 e. The number of nitrogens with zero attached hydrogens (tertiary/aromatic N) is 1. The van der Waals surface area contributed by atoms with E-state index in [-0.39, 0.29) is 5.69 Å². The van der Waals surface area contributed by atoms with Crippen LogP contribution in [0.5, 0.6) is 0 Å². The minimum absolute atomic E-state index is 0.134. The van der Waals surface area contributed by atoms with Crippen LogP contribution in [0.15, 0.2) is 115 Å². The van der Waals surface area contributed by atoms with Crippen LogP contribution in [0, 0.1) is 10.1 Å². The fourth-order valence-electron chi connectivity index (χ4n) is 2.89. The lowest BCUT2D eigenvalue weighted by Crippen LogP contribution is -2.20. The normalized spacial score (nSPS) is 10.2. The highest BCUT2D eigenvalue weighted by atomic mass is 79.9. The van der Waals surface area contributed by atoms with E-state index in [0.29, 0.717) is 0 Å². The standard InChI is InChI=1S/C18H15P.C7H6BrNO2/c1-4-10-16(11-5-1)19(17-12-6-2-7-13-17)18-14-8-3-9-15-18;8-5-6-1-3-7(4-2-6)9(10)11/h1-15H;1-4H,5H2. The van der Waals surface area contributed by atoms with Gasteiger partial charge in [0, 0.05) is 17.5 Å². The Labute approximate surface area is 186 Å². The van der Waals surface area contributed by atoms with Crippen molar-refractivity contribution in [2.24, 2.45) is 0 Å². The van der Waals surface area contributed by atoms with E-state index < -0.39 is 12.8 Å². The maximum absolute atomic E-state index is 10.2. The van der Waals surface area contributed by atoms with Crippen LogP contribution in [0.1, 0.15) is 5.56 Å². The van der Waals surface area contributed by atoms with E-state index >= 15 is 0 Å². The van der Waals surface area contributed by atoms with Crippen molar-refractivity contribution < 1.29 is 4.92 Å². The molecule has 0 amide bonds. The first kappa shape index (κ1) is 21.9. The summed E-state index contributed by atoms with van der Waals surface area (Å²) >= 11 is 3.25. The fraction of sp³-hybridized carbons (Fsp3) is 0.0400. The van der Waals surface area contributed by atoms with E-state index in [0.717, 1.165) is 10.9 Å². The van der Waals surface area contributed by atoms with E-state index in [1.807, 2.05) is 0 Å². The Bertz CT molecular complexity index is 949. The Morgan fingerprint density at radius 2 is 1.00 bits per heavy atom. The fourth-order valence-corrected chi connectivity index (χ4v) is 5.56. The second-order valence-electron chi connectivity index (χ2n) is 6.40. The SMILES string of the molecule is O=[N+]([O-])c1ccc(CBr)cc1.c1ccc(P(c2ccccc2)c2ccccc2)cc1. The highest BCUT2D eigenvalue weighted by molar-refractivity contribution is 9.08. The summed E-state index contributed by atoms with van der Waals surface area (Å²) in [6, 6.07) is 38.8. The molecule has 0 spiro atoms. The van der Waals surface area contributed by atoms with Crippen molar-refractivity contribution in [3.05, 3.63) is 131 Å². The summed E-state index contributed by atoms with van der Waals surface area (Å²) < 4.78 is 0. The van der Waals surface area contributed by atoms with Gasteiger partial charge in [-0.2, -0.15) is 0 Å².